The molecule has 1 unspecified atom stereocenters. The minimum atomic E-state index is -0.172. The lowest BCUT2D eigenvalue weighted by Gasteiger charge is -2.36. The second kappa shape index (κ2) is 8.65. The maximum atomic E-state index is 12.4. The highest BCUT2D eigenvalue weighted by molar-refractivity contribution is 7.10. The molecule has 2 aromatic heterocycles. The predicted octanol–water partition coefficient (Wildman–Crippen LogP) is 3.69. The van der Waals surface area contributed by atoms with Crippen LogP contribution in [0.25, 0.3) is 0 Å². The Morgan fingerprint density at radius 2 is 2.20 bits per heavy atom. The predicted molar refractivity (Wildman–Crippen MR) is 98.8 cm³/mol. The van der Waals surface area contributed by atoms with Gasteiger partial charge in [0.1, 0.15) is 12.4 Å². The summed E-state index contributed by atoms with van der Waals surface area (Å²) in [6.45, 7) is 5.44. The van der Waals surface area contributed by atoms with Crippen LogP contribution in [0.2, 0.25) is 0 Å². The van der Waals surface area contributed by atoms with Gasteiger partial charge < -0.3 is 14.5 Å². The minimum Gasteiger partial charge on any atom is -0.453 e. The number of likely N-dealkylation sites (tertiary alicyclic amines) is 1. The molecule has 0 radical (unpaired) electrons. The van der Waals surface area contributed by atoms with Crippen molar-refractivity contribution in [3.8, 4) is 0 Å². The van der Waals surface area contributed by atoms with Gasteiger partial charge in [-0.2, -0.15) is 0 Å². The van der Waals surface area contributed by atoms with Gasteiger partial charge in [-0.1, -0.05) is 13.0 Å². The first-order valence-electron chi connectivity index (χ1n) is 8.80. The van der Waals surface area contributed by atoms with Crippen molar-refractivity contribution in [2.24, 2.45) is 5.92 Å². The summed E-state index contributed by atoms with van der Waals surface area (Å²) in [7, 11) is 1.60. The Balaban J connectivity index is 1.63. The maximum absolute atomic E-state index is 12.4. The molecule has 0 saturated carbocycles. The molecule has 6 heteroatoms. The molecule has 1 aliphatic rings. The Morgan fingerprint density at radius 3 is 2.88 bits per heavy atom. The van der Waals surface area contributed by atoms with Gasteiger partial charge in [-0.3, -0.25) is 9.69 Å². The van der Waals surface area contributed by atoms with Crippen molar-refractivity contribution in [2.45, 2.75) is 32.4 Å². The molecular formula is C19H26N2O3S. The number of carbonyl (C=O) groups excluding carboxylic acids is 1. The molecule has 1 fully saturated rings. The Morgan fingerprint density at radius 1 is 1.40 bits per heavy atom. The molecule has 3 heterocycles. The average Bonchev–Trinajstić information content (AvgIpc) is 3.29. The van der Waals surface area contributed by atoms with E-state index < -0.39 is 0 Å². The summed E-state index contributed by atoms with van der Waals surface area (Å²) in [6.07, 6.45) is 2.43. The maximum Gasteiger partial charge on any atom is 0.287 e. The fourth-order valence-electron chi connectivity index (χ4n) is 3.23. The summed E-state index contributed by atoms with van der Waals surface area (Å²) < 4.78 is 10.5. The summed E-state index contributed by atoms with van der Waals surface area (Å²) in [5.74, 6) is 1.61. The molecule has 0 spiro atoms. The van der Waals surface area contributed by atoms with Crippen LogP contribution < -0.4 is 5.32 Å². The van der Waals surface area contributed by atoms with Gasteiger partial charge in [-0.25, -0.2) is 0 Å². The van der Waals surface area contributed by atoms with Crippen LogP contribution >= 0.6 is 11.3 Å². The zero-order chi connectivity index (χ0) is 17.6. The van der Waals surface area contributed by atoms with Gasteiger partial charge in [-0.05, 0) is 55.4 Å². The molecule has 0 bridgehead atoms. The molecule has 1 saturated heterocycles. The number of methoxy groups -OCH3 is 1. The van der Waals surface area contributed by atoms with Gasteiger partial charge in [0.2, 0.25) is 0 Å². The van der Waals surface area contributed by atoms with E-state index in [1.54, 1.807) is 30.6 Å². The molecule has 1 aliphatic heterocycles. The molecular weight excluding hydrogens is 336 g/mol. The van der Waals surface area contributed by atoms with E-state index in [9.17, 15) is 4.79 Å². The normalized spacial score (nSPS) is 17.5. The number of nitrogens with zero attached hydrogens (tertiary/aromatic N) is 1. The highest BCUT2D eigenvalue weighted by Gasteiger charge is 2.26. The lowest BCUT2D eigenvalue weighted by atomic mass is 9.97. The number of carbonyl (C=O) groups is 1. The topological polar surface area (TPSA) is 54.7 Å². The van der Waals surface area contributed by atoms with Crippen molar-refractivity contribution in [1.29, 1.82) is 0 Å². The molecule has 136 valence electrons. The Kier molecular flexibility index (Phi) is 6.29. The van der Waals surface area contributed by atoms with E-state index in [-0.39, 0.29) is 11.9 Å². The summed E-state index contributed by atoms with van der Waals surface area (Å²) in [5.41, 5.74) is 0. The minimum absolute atomic E-state index is 0.172. The number of rotatable bonds is 7. The standard InChI is InChI=1S/C19H26N2O3S/c1-14-7-9-21(10-8-14)16(18-4-3-11-25-18)12-20-19(22)17-6-5-15(24-17)13-23-2/h3-6,11,14,16H,7-10,12-13H2,1-2H3,(H,20,22). The van der Waals surface area contributed by atoms with Gasteiger partial charge in [0.05, 0.1) is 6.04 Å². The van der Waals surface area contributed by atoms with Crippen molar-refractivity contribution >= 4 is 17.2 Å². The summed E-state index contributed by atoms with van der Waals surface area (Å²) in [6, 6.07) is 7.94. The van der Waals surface area contributed by atoms with E-state index in [4.69, 9.17) is 9.15 Å². The molecule has 2 aromatic rings. The number of amides is 1. The van der Waals surface area contributed by atoms with Crippen LogP contribution in [0.3, 0.4) is 0 Å². The van der Waals surface area contributed by atoms with E-state index in [0.29, 0.717) is 24.7 Å². The van der Waals surface area contributed by atoms with E-state index in [1.165, 1.54) is 17.7 Å². The summed E-state index contributed by atoms with van der Waals surface area (Å²) >= 11 is 1.75. The van der Waals surface area contributed by atoms with Gasteiger partial charge >= 0.3 is 0 Å². The van der Waals surface area contributed by atoms with Crippen molar-refractivity contribution in [2.75, 3.05) is 26.7 Å². The molecule has 0 aromatic carbocycles. The lowest BCUT2D eigenvalue weighted by Crippen LogP contribution is -2.41. The first kappa shape index (κ1) is 18.2. The van der Waals surface area contributed by atoms with Crippen molar-refractivity contribution in [3.63, 3.8) is 0 Å². The first-order valence-corrected chi connectivity index (χ1v) is 9.68. The van der Waals surface area contributed by atoms with Crippen LogP contribution in [0.5, 0.6) is 0 Å². The first-order chi connectivity index (χ1) is 12.2. The Hall–Kier alpha value is -1.63. The lowest BCUT2D eigenvalue weighted by molar-refractivity contribution is 0.0880. The smallest absolute Gasteiger partial charge is 0.287 e. The van der Waals surface area contributed by atoms with Crippen LogP contribution in [0.1, 0.15) is 47.0 Å². The van der Waals surface area contributed by atoms with Crippen LogP contribution in [0, 0.1) is 5.92 Å². The van der Waals surface area contributed by atoms with Crippen molar-refractivity contribution in [3.05, 3.63) is 46.0 Å². The fraction of sp³-hybridized carbons (Fsp3) is 0.526. The number of hydrogen-bond acceptors (Lipinski definition) is 5. The molecule has 25 heavy (non-hydrogen) atoms. The third kappa shape index (κ3) is 4.71. The van der Waals surface area contributed by atoms with Crippen LogP contribution in [-0.2, 0) is 11.3 Å². The van der Waals surface area contributed by atoms with Crippen molar-refractivity contribution in [1.82, 2.24) is 10.2 Å². The SMILES string of the molecule is COCc1ccc(C(=O)NCC(c2cccs2)N2CCC(C)CC2)o1. The van der Waals surface area contributed by atoms with E-state index in [0.717, 1.165) is 19.0 Å². The second-order valence-corrected chi connectivity index (χ2v) is 7.64. The third-order valence-electron chi connectivity index (χ3n) is 4.76. The molecule has 0 aliphatic carbocycles. The number of furan rings is 1. The monoisotopic (exact) mass is 362 g/mol. The van der Waals surface area contributed by atoms with Gasteiger partial charge in [0.25, 0.3) is 5.91 Å². The van der Waals surface area contributed by atoms with Gasteiger partial charge in [0, 0.05) is 18.5 Å². The van der Waals surface area contributed by atoms with E-state index in [2.05, 4.69) is 34.7 Å². The number of nitrogens with one attached hydrogen (secondary N) is 1. The largest absolute Gasteiger partial charge is 0.453 e. The zero-order valence-corrected chi connectivity index (χ0v) is 15.7. The van der Waals surface area contributed by atoms with E-state index in [1.807, 2.05) is 0 Å². The summed E-state index contributed by atoms with van der Waals surface area (Å²) in [5, 5.41) is 5.14. The van der Waals surface area contributed by atoms with Crippen LogP contribution in [0.4, 0.5) is 0 Å². The number of thiophene rings is 1. The third-order valence-corrected chi connectivity index (χ3v) is 5.73. The Labute approximate surface area is 153 Å². The average molecular weight is 362 g/mol. The quantitative estimate of drug-likeness (QED) is 0.816. The second-order valence-electron chi connectivity index (χ2n) is 6.66. The highest BCUT2D eigenvalue weighted by atomic mass is 32.1. The molecule has 1 N–H and O–H groups in total. The summed E-state index contributed by atoms with van der Waals surface area (Å²) in [4.78, 5) is 16.2. The van der Waals surface area contributed by atoms with Gasteiger partial charge in [0.15, 0.2) is 5.76 Å². The fourth-order valence-corrected chi connectivity index (χ4v) is 4.09. The van der Waals surface area contributed by atoms with Crippen LogP contribution in [0.15, 0.2) is 34.1 Å². The molecule has 1 amide bonds. The number of piperidine rings is 1. The van der Waals surface area contributed by atoms with Gasteiger partial charge in [-0.15, -0.1) is 11.3 Å². The molecule has 3 rings (SSSR count). The molecule has 5 nitrogen and oxygen atoms in total. The van der Waals surface area contributed by atoms with Crippen LogP contribution in [-0.4, -0.2) is 37.6 Å². The van der Waals surface area contributed by atoms with Crippen molar-refractivity contribution < 1.29 is 13.9 Å². The number of ether oxygens (including phenoxy) is 1. The molecule has 1 atom stereocenters. The Bertz CT molecular complexity index is 660. The number of hydrogen-bond donors (Lipinski definition) is 1. The zero-order valence-electron chi connectivity index (χ0n) is 14.9. The van der Waals surface area contributed by atoms with E-state index >= 15 is 0 Å². The highest BCUT2D eigenvalue weighted by Crippen LogP contribution is 2.29.